The SMILES string of the molecule is CC1C(CO)CCN1S(C)(=O)=O. The standard InChI is InChI=1S/C7H15NO3S/c1-6-7(5-9)3-4-8(6)12(2,10)11/h6-7,9H,3-5H2,1-2H3. The minimum atomic E-state index is -3.07. The van der Waals surface area contributed by atoms with Crippen LogP contribution in [0.1, 0.15) is 13.3 Å². The fourth-order valence-electron chi connectivity index (χ4n) is 1.68. The van der Waals surface area contributed by atoms with E-state index in [0.29, 0.717) is 6.54 Å². The summed E-state index contributed by atoms with van der Waals surface area (Å²) < 4.78 is 23.8. The number of aliphatic hydroxyl groups excluding tert-OH is 1. The van der Waals surface area contributed by atoms with Gasteiger partial charge in [-0.3, -0.25) is 0 Å². The van der Waals surface area contributed by atoms with E-state index in [4.69, 9.17) is 5.11 Å². The number of hydrogen-bond acceptors (Lipinski definition) is 3. The molecule has 1 fully saturated rings. The first-order chi connectivity index (χ1) is 5.46. The first-order valence-corrected chi connectivity index (χ1v) is 5.89. The summed E-state index contributed by atoms with van der Waals surface area (Å²) in [6.07, 6.45) is 1.98. The van der Waals surface area contributed by atoms with Crippen LogP contribution in [0, 0.1) is 5.92 Å². The summed E-state index contributed by atoms with van der Waals surface area (Å²) in [4.78, 5) is 0. The van der Waals surface area contributed by atoms with Gasteiger partial charge in [-0.25, -0.2) is 8.42 Å². The fraction of sp³-hybridized carbons (Fsp3) is 1.00. The van der Waals surface area contributed by atoms with Gasteiger partial charge in [-0.1, -0.05) is 0 Å². The smallest absolute Gasteiger partial charge is 0.211 e. The van der Waals surface area contributed by atoms with E-state index in [2.05, 4.69) is 0 Å². The monoisotopic (exact) mass is 193 g/mol. The van der Waals surface area contributed by atoms with Crippen molar-refractivity contribution in [2.45, 2.75) is 19.4 Å². The Bertz CT molecular complexity index is 249. The zero-order valence-electron chi connectivity index (χ0n) is 7.40. The van der Waals surface area contributed by atoms with Gasteiger partial charge in [0.25, 0.3) is 0 Å². The summed E-state index contributed by atoms with van der Waals surface area (Å²) >= 11 is 0. The summed E-state index contributed by atoms with van der Waals surface area (Å²) in [6, 6.07) is -0.0509. The predicted molar refractivity (Wildman–Crippen MR) is 46.2 cm³/mol. The molecule has 0 aliphatic carbocycles. The highest BCUT2D eigenvalue weighted by Gasteiger charge is 2.35. The zero-order valence-corrected chi connectivity index (χ0v) is 8.21. The number of nitrogens with zero attached hydrogens (tertiary/aromatic N) is 1. The Hall–Kier alpha value is -0.130. The molecule has 0 bridgehead atoms. The van der Waals surface area contributed by atoms with Gasteiger partial charge in [0.1, 0.15) is 0 Å². The van der Waals surface area contributed by atoms with Crippen molar-refractivity contribution in [3.63, 3.8) is 0 Å². The molecule has 0 spiro atoms. The van der Waals surface area contributed by atoms with Crippen molar-refractivity contribution >= 4 is 10.0 Å². The van der Waals surface area contributed by atoms with Gasteiger partial charge in [0.05, 0.1) is 6.26 Å². The summed E-state index contributed by atoms with van der Waals surface area (Å²) in [7, 11) is -3.07. The molecule has 2 unspecified atom stereocenters. The third-order valence-electron chi connectivity index (χ3n) is 2.52. The van der Waals surface area contributed by atoms with E-state index < -0.39 is 10.0 Å². The Morgan fingerprint density at radius 3 is 2.42 bits per heavy atom. The van der Waals surface area contributed by atoms with Gasteiger partial charge < -0.3 is 5.11 Å². The van der Waals surface area contributed by atoms with Crippen molar-refractivity contribution in [3.05, 3.63) is 0 Å². The minimum Gasteiger partial charge on any atom is -0.396 e. The van der Waals surface area contributed by atoms with Gasteiger partial charge >= 0.3 is 0 Å². The van der Waals surface area contributed by atoms with Gasteiger partial charge in [0.2, 0.25) is 10.0 Å². The molecule has 0 aromatic carbocycles. The second kappa shape index (κ2) is 3.32. The molecule has 1 rings (SSSR count). The van der Waals surface area contributed by atoms with E-state index >= 15 is 0 Å². The van der Waals surface area contributed by atoms with Crippen LogP contribution in [-0.2, 0) is 10.0 Å². The minimum absolute atomic E-state index is 0.0509. The molecule has 1 saturated heterocycles. The third-order valence-corrected chi connectivity index (χ3v) is 3.88. The number of hydrogen-bond donors (Lipinski definition) is 1. The van der Waals surface area contributed by atoms with Crippen LogP contribution in [0.25, 0.3) is 0 Å². The largest absolute Gasteiger partial charge is 0.396 e. The van der Waals surface area contributed by atoms with Crippen molar-refractivity contribution in [1.29, 1.82) is 0 Å². The molecule has 1 aliphatic rings. The Balaban J connectivity index is 2.74. The predicted octanol–water partition coefficient (Wildman–Crippen LogP) is -0.351. The van der Waals surface area contributed by atoms with Crippen LogP contribution in [0.3, 0.4) is 0 Å². The highest BCUT2D eigenvalue weighted by atomic mass is 32.2. The summed E-state index contributed by atoms with van der Waals surface area (Å²) in [5.74, 6) is 0.111. The molecular formula is C7H15NO3S. The Kier molecular flexibility index (Phi) is 2.75. The molecule has 1 aliphatic heterocycles. The summed E-state index contributed by atoms with van der Waals surface area (Å²) in [6.45, 7) is 2.47. The van der Waals surface area contributed by atoms with Gasteiger partial charge in [0, 0.05) is 19.2 Å². The molecule has 0 aromatic heterocycles. The highest BCUT2D eigenvalue weighted by molar-refractivity contribution is 7.88. The second-order valence-electron chi connectivity index (χ2n) is 3.35. The first kappa shape index (κ1) is 9.95. The Labute approximate surface area is 73.2 Å². The number of rotatable bonds is 2. The van der Waals surface area contributed by atoms with Crippen LogP contribution in [-0.4, -0.2) is 43.3 Å². The lowest BCUT2D eigenvalue weighted by molar-refractivity contribution is 0.206. The lowest BCUT2D eigenvalue weighted by Gasteiger charge is -2.20. The van der Waals surface area contributed by atoms with Crippen molar-refractivity contribution in [2.75, 3.05) is 19.4 Å². The first-order valence-electron chi connectivity index (χ1n) is 4.04. The number of sulfonamides is 1. The quantitative estimate of drug-likeness (QED) is 0.652. The van der Waals surface area contributed by atoms with Gasteiger partial charge in [-0.2, -0.15) is 4.31 Å². The Morgan fingerprint density at radius 2 is 2.17 bits per heavy atom. The fourth-order valence-corrected chi connectivity index (χ4v) is 2.90. The van der Waals surface area contributed by atoms with Crippen molar-refractivity contribution in [3.8, 4) is 0 Å². The van der Waals surface area contributed by atoms with Crippen molar-refractivity contribution in [2.24, 2.45) is 5.92 Å². The molecule has 0 radical (unpaired) electrons. The van der Waals surface area contributed by atoms with Crippen molar-refractivity contribution in [1.82, 2.24) is 4.31 Å². The third kappa shape index (κ3) is 1.78. The van der Waals surface area contributed by atoms with Crippen LogP contribution in [0.15, 0.2) is 0 Å². The van der Waals surface area contributed by atoms with Crippen LogP contribution in [0.2, 0.25) is 0 Å². The Morgan fingerprint density at radius 1 is 1.58 bits per heavy atom. The van der Waals surface area contributed by atoms with E-state index in [1.807, 2.05) is 6.92 Å². The summed E-state index contributed by atoms with van der Waals surface area (Å²) in [5, 5.41) is 8.90. The molecule has 2 atom stereocenters. The van der Waals surface area contributed by atoms with E-state index in [-0.39, 0.29) is 18.6 Å². The van der Waals surface area contributed by atoms with Crippen LogP contribution >= 0.6 is 0 Å². The van der Waals surface area contributed by atoms with Crippen LogP contribution < -0.4 is 0 Å². The van der Waals surface area contributed by atoms with E-state index in [0.717, 1.165) is 6.42 Å². The molecule has 1 heterocycles. The topological polar surface area (TPSA) is 57.6 Å². The van der Waals surface area contributed by atoms with Crippen molar-refractivity contribution < 1.29 is 13.5 Å². The summed E-state index contributed by atoms with van der Waals surface area (Å²) in [5.41, 5.74) is 0. The molecule has 72 valence electrons. The maximum Gasteiger partial charge on any atom is 0.211 e. The number of aliphatic hydroxyl groups is 1. The molecule has 0 amide bonds. The maximum atomic E-state index is 11.1. The molecule has 12 heavy (non-hydrogen) atoms. The van der Waals surface area contributed by atoms with E-state index in [9.17, 15) is 8.42 Å². The van der Waals surface area contributed by atoms with Gasteiger partial charge in [-0.15, -0.1) is 0 Å². The molecule has 4 nitrogen and oxygen atoms in total. The average Bonchev–Trinajstić information content (AvgIpc) is 2.29. The van der Waals surface area contributed by atoms with E-state index in [1.165, 1.54) is 10.6 Å². The molecule has 5 heteroatoms. The maximum absolute atomic E-state index is 11.1. The lowest BCUT2D eigenvalue weighted by Crippen LogP contribution is -2.35. The van der Waals surface area contributed by atoms with E-state index in [1.54, 1.807) is 0 Å². The molecule has 1 N–H and O–H groups in total. The average molecular weight is 193 g/mol. The normalized spacial score (nSPS) is 32.6. The lowest BCUT2D eigenvalue weighted by atomic mass is 10.0. The van der Waals surface area contributed by atoms with Crippen LogP contribution in [0.4, 0.5) is 0 Å². The highest BCUT2D eigenvalue weighted by Crippen LogP contribution is 2.25. The van der Waals surface area contributed by atoms with Gasteiger partial charge in [0.15, 0.2) is 0 Å². The van der Waals surface area contributed by atoms with Gasteiger partial charge in [-0.05, 0) is 19.3 Å². The molecule has 0 saturated carbocycles. The second-order valence-corrected chi connectivity index (χ2v) is 5.28. The van der Waals surface area contributed by atoms with Crippen LogP contribution in [0.5, 0.6) is 0 Å². The zero-order chi connectivity index (χ0) is 9.35. The molecular weight excluding hydrogens is 178 g/mol. The molecule has 0 aromatic rings.